The van der Waals surface area contributed by atoms with Crippen LogP contribution in [0.2, 0.25) is 0 Å². The normalized spacial score (nSPS) is 10.0. The van der Waals surface area contributed by atoms with Gasteiger partial charge in [0.25, 0.3) is 0 Å². The van der Waals surface area contributed by atoms with E-state index in [9.17, 15) is 19.7 Å². The Kier molecular flexibility index (Phi) is 5.71. The predicted octanol–water partition coefficient (Wildman–Crippen LogP) is 3.72. The van der Waals surface area contributed by atoms with Crippen molar-refractivity contribution < 1.29 is 28.7 Å². The Hall–Kier alpha value is -2.94. The zero-order valence-corrected chi connectivity index (χ0v) is 14.7. The average Bonchev–Trinajstić information content (AvgIpc) is 2.61. The molecule has 0 radical (unpaired) electrons. The van der Waals surface area contributed by atoms with Crippen molar-refractivity contribution in [2.45, 2.75) is 0 Å². The van der Waals surface area contributed by atoms with Crippen LogP contribution in [0.15, 0.2) is 40.9 Å². The van der Waals surface area contributed by atoms with Crippen LogP contribution >= 0.6 is 15.9 Å². The molecule has 0 amide bonds. The van der Waals surface area contributed by atoms with Gasteiger partial charge in [-0.3, -0.25) is 10.1 Å². The summed E-state index contributed by atoms with van der Waals surface area (Å²) in [6.07, 6.45) is 0. The number of rotatable bonds is 5. The third kappa shape index (κ3) is 4.32. The summed E-state index contributed by atoms with van der Waals surface area (Å²) in [6.45, 7) is 0. The number of benzene rings is 2. The van der Waals surface area contributed by atoms with Crippen LogP contribution in [0.4, 0.5) is 5.69 Å². The highest BCUT2D eigenvalue weighted by Crippen LogP contribution is 2.34. The van der Waals surface area contributed by atoms with Crippen molar-refractivity contribution in [3.63, 3.8) is 0 Å². The molecule has 2 aromatic carbocycles. The zero-order valence-electron chi connectivity index (χ0n) is 13.1. The smallest absolute Gasteiger partial charge is 0.338 e. The number of methoxy groups -OCH3 is 2. The van der Waals surface area contributed by atoms with Crippen LogP contribution < -0.4 is 4.74 Å². The van der Waals surface area contributed by atoms with E-state index in [-0.39, 0.29) is 28.3 Å². The molecular formula is C16H12BrNO7. The van der Waals surface area contributed by atoms with Gasteiger partial charge in [-0.1, -0.05) is 15.9 Å². The molecule has 0 saturated heterocycles. The lowest BCUT2D eigenvalue weighted by Gasteiger charge is -2.10. The summed E-state index contributed by atoms with van der Waals surface area (Å²) < 4.78 is 15.3. The van der Waals surface area contributed by atoms with Crippen molar-refractivity contribution >= 4 is 33.6 Å². The molecule has 0 aliphatic rings. The quantitative estimate of drug-likeness (QED) is 0.420. The standard InChI is InChI=1S/C16H12BrNO7/c1-23-15(19)9-5-10(16(20)24-2)7-12(6-9)25-14-4-3-11(17)8-13(14)18(21)22/h3-8H,1-2H3. The third-order valence-corrected chi connectivity index (χ3v) is 3.59. The number of carbonyl (C=O) groups excluding carboxylic acids is 2. The molecule has 0 heterocycles. The van der Waals surface area contributed by atoms with E-state index in [1.165, 1.54) is 44.6 Å². The molecule has 25 heavy (non-hydrogen) atoms. The molecular weight excluding hydrogens is 398 g/mol. The minimum atomic E-state index is -0.694. The fraction of sp³-hybridized carbons (Fsp3) is 0.125. The van der Waals surface area contributed by atoms with Crippen molar-refractivity contribution in [3.8, 4) is 11.5 Å². The maximum Gasteiger partial charge on any atom is 0.338 e. The summed E-state index contributed by atoms with van der Waals surface area (Å²) in [6, 6.07) is 8.13. The predicted molar refractivity (Wildman–Crippen MR) is 90.0 cm³/mol. The number of carbonyl (C=O) groups is 2. The summed E-state index contributed by atoms with van der Waals surface area (Å²) in [4.78, 5) is 34.1. The van der Waals surface area contributed by atoms with Gasteiger partial charge in [-0.25, -0.2) is 9.59 Å². The van der Waals surface area contributed by atoms with Gasteiger partial charge in [0, 0.05) is 10.5 Å². The summed E-state index contributed by atoms with van der Waals surface area (Å²) in [5.41, 5.74) is -0.196. The van der Waals surface area contributed by atoms with Crippen LogP contribution in [0.25, 0.3) is 0 Å². The molecule has 2 rings (SSSR count). The number of hydrogen-bond donors (Lipinski definition) is 0. The van der Waals surface area contributed by atoms with E-state index in [0.717, 1.165) is 0 Å². The number of hydrogen-bond acceptors (Lipinski definition) is 7. The summed E-state index contributed by atoms with van der Waals surface area (Å²) in [5, 5.41) is 11.2. The van der Waals surface area contributed by atoms with Gasteiger partial charge in [-0.05, 0) is 30.3 Å². The topological polar surface area (TPSA) is 105 Å². The second kappa shape index (κ2) is 7.75. The molecule has 0 spiro atoms. The molecule has 0 atom stereocenters. The van der Waals surface area contributed by atoms with Crippen LogP contribution in [0.5, 0.6) is 11.5 Å². The molecule has 130 valence electrons. The molecule has 9 heteroatoms. The van der Waals surface area contributed by atoms with Gasteiger partial charge >= 0.3 is 17.6 Å². The molecule has 0 unspecified atom stereocenters. The fourth-order valence-corrected chi connectivity index (χ4v) is 2.32. The van der Waals surface area contributed by atoms with Crippen LogP contribution in [-0.2, 0) is 9.47 Å². The second-order valence-electron chi connectivity index (χ2n) is 4.70. The number of nitro groups is 1. The van der Waals surface area contributed by atoms with Crippen molar-refractivity contribution in [2.75, 3.05) is 14.2 Å². The molecule has 0 bridgehead atoms. The summed E-state index contributed by atoms with van der Waals surface area (Å²) in [7, 11) is 2.38. The maximum atomic E-state index is 11.8. The van der Waals surface area contributed by atoms with Crippen LogP contribution in [-0.4, -0.2) is 31.1 Å². The highest BCUT2D eigenvalue weighted by atomic mass is 79.9. The van der Waals surface area contributed by atoms with E-state index in [1.54, 1.807) is 6.07 Å². The van der Waals surface area contributed by atoms with Crippen LogP contribution in [0.1, 0.15) is 20.7 Å². The highest BCUT2D eigenvalue weighted by Gasteiger charge is 2.19. The molecule has 0 aliphatic heterocycles. The summed E-state index contributed by atoms with van der Waals surface area (Å²) in [5.74, 6) is -1.39. The van der Waals surface area contributed by atoms with Gasteiger partial charge in [0.1, 0.15) is 5.75 Å². The van der Waals surface area contributed by atoms with E-state index in [4.69, 9.17) is 4.74 Å². The van der Waals surface area contributed by atoms with Crippen molar-refractivity contribution in [2.24, 2.45) is 0 Å². The van der Waals surface area contributed by atoms with Crippen LogP contribution in [0.3, 0.4) is 0 Å². The maximum absolute atomic E-state index is 11.8. The SMILES string of the molecule is COC(=O)c1cc(Oc2ccc(Br)cc2[N+](=O)[O-])cc(C(=O)OC)c1. The van der Waals surface area contributed by atoms with Gasteiger partial charge in [0.15, 0.2) is 0 Å². The van der Waals surface area contributed by atoms with Crippen LogP contribution in [0, 0.1) is 10.1 Å². The first-order valence-electron chi connectivity index (χ1n) is 6.79. The number of nitro benzene ring substituents is 1. The second-order valence-corrected chi connectivity index (χ2v) is 5.62. The van der Waals surface area contributed by atoms with E-state index in [1.807, 2.05) is 0 Å². The van der Waals surface area contributed by atoms with Gasteiger partial charge in [-0.15, -0.1) is 0 Å². The number of esters is 2. The lowest BCUT2D eigenvalue weighted by atomic mass is 10.1. The lowest BCUT2D eigenvalue weighted by molar-refractivity contribution is -0.385. The first-order chi connectivity index (χ1) is 11.8. The molecule has 0 aliphatic carbocycles. The van der Waals surface area contributed by atoms with E-state index >= 15 is 0 Å². The number of nitrogens with zero attached hydrogens (tertiary/aromatic N) is 1. The molecule has 0 N–H and O–H groups in total. The zero-order chi connectivity index (χ0) is 18.6. The first kappa shape index (κ1) is 18.4. The van der Waals surface area contributed by atoms with E-state index in [2.05, 4.69) is 25.4 Å². The molecule has 0 saturated carbocycles. The largest absolute Gasteiger partial charge is 0.465 e. The minimum Gasteiger partial charge on any atom is -0.465 e. The summed E-state index contributed by atoms with van der Waals surface area (Å²) >= 11 is 3.15. The molecule has 2 aromatic rings. The van der Waals surface area contributed by atoms with Crippen molar-refractivity contribution in [1.82, 2.24) is 0 Å². The van der Waals surface area contributed by atoms with Gasteiger partial charge < -0.3 is 14.2 Å². The Bertz CT molecular complexity index is 816. The van der Waals surface area contributed by atoms with E-state index in [0.29, 0.717) is 4.47 Å². The Morgan fingerprint density at radius 3 is 2.04 bits per heavy atom. The number of ether oxygens (including phenoxy) is 3. The van der Waals surface area contributed by atoms with Crippen molar-refractivity contribution in [3.05, 3.63) is 62.1 Å². The number of halogens is 1. The van der Waals surface area contributed by atoms with Gasteiger partial charge in [0.2, 0.25) is 5.75 Å². The first-order valence-corrected chi connectivity index (χ1v) is 7.58. The Labute approximate surface area is 150 Å². The van der Waals surface area contributed by atoms with Gasteiger partial charge in [-0.2, -0.15) is 0 Å². The average molecular weight is 410 g/mol. The molecule has 8 nitrogen and oxygen atoms in total. The molecule has 0 fully saturated rings. The minimum absolute atomic E-state index is 0.0418. The Balaban J connectivity index is 2.50. The van der Waals surface area contributed by atoms with Gasteiger partial charge in [0.05, 0.1) is 30.3 Å². The van der Waals surface area contributed by atoms with E-state index < -0.39 is 16.9 Å². The lowest BCUT2D eigenvalue weighted by Crippen LogP contribution is -2.07. The van der Waals surface area contributed by atoms with Crippen molar-refractivity contribution in [1.29, 1.82) is 0 Å². The Morgan fingerprint density at radius 2 is 1.56 bits per heavy atom. The monoisotopic (exact) mass is 409 g/mol. The fourth-order valence-electron chi connectivity index (χ4n) is 1.98. The highest BCUT2D eigenvalue weighted by molar-refractivity contribution is 9.10. The Morgan fingerprint density at radius 1 is 1.00 bits per heavy atom. The molecule has 0 aromatic heterocycles. The third-order valence-electron chi connectivity index (χ3n) is 3.09.